The molecule has 0 radical (unpaired) electrons. The smallest absolute Gasteiger partial charge is 0.256 e. The average Bonchev–Trinajstić information content (AvgIpc) is 2.98. The van der Waals surface area contributed by atoms with E-state index in [4.69, 9.17) is 15.2 Å². The van der Waals surface area contributed by atoms with Gasteiger partial charge in [0.1, 0.15) is 18.2 Å². The molecule has 0 fully saturated rings. The predicted molar refractivity (Wildman–Crippen MR) is 99.4 cm³/mol. The van der Waals surface area contributed by atoms with Crippen LogP contribution in [-0.2, 0) is 12.8 Å². The van der Waals surface area contributed by atoms with E-state index >= 15 is 0 Å². The highest BCUT2D eigenvalue weighted by Crippen LogP contribution is 2.40. The molecule has 2 amide bonds. The number of thiophene rings is 1. The van der Waals surface area contributed by atoms with Crippen LogP contribution in [0, 0.1) is 5.92 Å². The SMILES string of the molecule is C[C@@H]1CCc2c(sc(NC(=O)c3ccc4c(c3)OCCO4)c2C(N)=O)C1. The lowest BCUT2D eigenvalue weighted by Crippen LogP contribution is -2.20. The van der Waals surface area contributed by atoms with E-state index in [-0.39, 0.29) is 5.91 Å². The number of rotatable bonds is 3. The standard InChI is InChI=1S/C19H20N2O4S/c1-10-2-4-12-15(8-10)26-19(16(12)17(20)22)21-18(23)11-3-5-13-14(9-11)25-7-6-24-13/h3,5,9-10H,2,4,6-8H2,1H3,(H2,20,22)(H,21,23)/t10-/m1/s1. The number of carbonyl (C=O) groups is 2. The van der Waals surface area contributed by atoms with Gasteiger partial charge in [0.15, 0.2) is 11.5 Å². The number of ether oxygens (including phenoxy) is 2. The molecule has 1 aliphatic heterocycles. The number of primary amides is 1. The molecule has 0 saturated carbocycles. The van der Waals surface area contributed by atoms with Crippen LogP contribution in [0.1, 0.15) is 44.5 Å². The number of nitrogens with one attached hydrogen (secondary N) is 1. The largest absolute Gasteiger partial charge is 0.486 e. The molecule has 2 aliphatic rings. The average molecular weight is 372 g/mol. The summed E-state index contributed by atoms with van der Waals surface area (Å²) in [4.78, 5) is 25.8. The van der Waals surface area contributed by atoms with Crippen LogP contribution in [0.15, 0.2) is 18.2 Å². The summed E-state index contributed by atoms with van der Waals surface area (Å²) in [6, 6.07) is 5.06. The third kappa shape index (κ3) is 3.03. The highest BCUT2D eigenvalue weighted by atomic mass is 32.1. The molecule has 136 valence electrons. The van der Waals surface area contributed by atoms with Gasteiger partial charge >= 0.3 is 0 Å². The zero-order valence-corrected chi connectivity index (χ0v) is 15.3. The Hall–Kier alpha value is -2.54. The lowest BCUT2D eigenvalue weighted by atomic mass is 9.88. The summed E-state index contributed by atoms with van der Waals surface area (Å²) in [5.74, 6) is 0.971. The van der Waals surface area contributed by atoms with Gasteiger partial charge in [0.05, 0.1) is 5.56 Å². The van der Waals surface area contributed by atoms with Crippen LogP contribution in [0.5, 0.6) is 11.5 Å². The molecule has 3 N–H and O–H groups in total. The van der Waals surface area contributed by atoms with Crippen molar-refractivity contribution >= 4 is 28.2 Å². The Labute approximate surface area is 155 Å². The van der Waals surface area contributed by atoms with E-state index in [0.29, 0.717) is 46.8 Å². The molecule has 1 aliphatic carbocycles. The number of anilines is 1. The van der Waals surface area contributed by atoms with Crippen LogP contribution < -0.4 is 20.5 Å². The number of nitrogens with two attached hydrogens (primary N) is 1. The van der Waals surface area contributed by atoms with Crippen molar-refractivity contribution in [1.82, 2.24) is 0 Å². The van der Waals surface area contributed by atoms with Gasteiger partial charge in [-0.15, -0.1) is 11.3 Å². The molecule has 0 bridgehead atoms. The zero-order chi connectivity index (χ0) is 18.3. The molecular weight excluding hydrogens is 352 g/mol. The number of amides is 2. The van der Waals surface area contributed by atoms with Crippen molar-refractivity contribution in [2.45, 2.75) is 26.2 Å². The van der Waals surface area contributed by atoms with Crippen molar-refractivity contribution in [1.29, 1.82) is 0 Å². The van der Waals surface area contributed by atoms with Crippen LogP contribution in [0.4, 0.5) is 5.00 Å². The fourth-order valence-corrected chi connectivity index (χ4v) is 4.87. The first-order valence-corrected chi connectivity index (χ1v) is 9.50. The Morgan fingerprint density at radius 1 is 1.23 bits per heavy atom. The molecule has 2 aromatic rings. The summed E-state index contributed by atoms with van der Waals surface area (Å²) in [6.07, 6.45) is 2.77. The molecule has 0 spiro atoms. The number of carbonyl (C=O) groups excluding carboxylic acids is 2. The normalized spacial score (nSPS) is 18.1. The molecule has 0 saturated heterocycles. The Balaban J connectivity index is 1.63. The van der Waals surface area contributed by atoms with Crippen molar-refractivity contribution in [3.63, 3.8) is 0 Å². The Bertz CT molecular complexity index is 890. The molecule has 26 heavy (non-hydrogen) atoms. The number of hydrogen-bond donors (Lipinski definition) is 2. The molecular formula is C19H20N2O4S. The molecule has 7 heteroatoms. The predicted octanol–water partition coefficient (Wildman–Crippen LogP) is 3.00. The first-order chi connectivity index (χ1) is 12.5. The van der Waals surface area contributed by atoms with Gasteiger partial charge in [-0.25, -0.2) is 0 Å². The van der Waals surface area contributed by atoms with Crippen LogP contribution in [0.25, 0.3) is 0 Å². The fraction of sp³-hybridized carbons (Fsp3) is 0.368. The van der Waals surface area contributed by atoms with Crippen LogP contribution in [0.3, 0.4) is 0 Å². The van der Waals surface area contributed by atoms with Gasteiger partial charge in [0, 0.05) is 10.4 Å². The van der Waals surface area contributed by atoms with Crippen LogP contribution in [-0.4, -0.2) is 25.0 Å². The quantitative estimate of drug-likeness (QED) is 0.866. The monoisotopic (exact) mass is 372 g/mol. The zero-order valence-electron chi connectivity index (χ0n) is 14.5. The second kappa shape index (κ2) is 6.64. The maximum absolute atomic E-state index is 12.7. The van der Waals surface area contributed by atoms with E-state index in [1.807, 2.05) is 0 Å². The summed E-state index contributed by atoms with van der Waals surface area (Å²) in [6.45, 7) is 3.15. The summed E-state index contributed by atoms with van der Waals surface area (Å²) in [5, 5.41) is 3.41. The lowest BCUT2D eigenvalue weighted by molar-refractivity contribution is 0.1000. The van der Waals surface area contributed by atoms with E-state index in [0.717, 1.165) is 29.7 Å². The lowest BCUT2D eigenvalue weighted by Gasteiger charge is -2.18. The third-order valence-corrected chi connectivity index (χ3v) is 5.96. The second-order valence-electron chi connectivity index (χ2n) is 6.73. The van der Waals surface area contributed by atoms with E-state index < -0.39 is 5.91 Å². The maximum Gasteiger partial charge on any atom is 0.256 e. The van der Waals surface area contributed by atoms with Gasteiger partial charge in [0.25, 0.3) is 11.8 Å². The van der Waals surface area contributed by atoms with Gasteiger partial charge in [-0.3, -0.25) is 9.59 Å². The summed E-state index contributed by atoms with van der Waals surface area (Å²) >= 11 is 1.46. The van der Waals surface area contributed by atoms with Crippen LogP contribution >= 0.6 is 11.3 Å². The van der Waals surface area contributed by atoms with Crippen molar-refractivity contribution < 1.29 is 19.1 Å². The van der Waals surface area contributed by atoms with Crippen LogP contribution in [0.2, 0.25) is 0 Å². The molecule has 2 heterocycles. The Kier molecular flexibility index (Phi) is 4.32. The minimum Gasteiger partial charge on any atom is -0.486 e. The number of hydrogen-bond acceptors (Lipinski definition) is 5. The number of benzene rings is 1. The summed E-state index contributed by atoms with van der Waals surface area (Å²) in [5.41, 5.74) is 7.51. The third-order valence-electron chi connectivity index (χ3n) is 4.79. The Morgan fingerprint density at radius 3 is 2.77 bits per heavy atom. The topological polar surface area (TPSA) is 90.7 Å². The molecule has 1 atom stereocenters. The van der Waals surface area contributed by atoms with Gasteiger partial charge in [-0.1, -0.05) is 6.92 Å². The second-order valence-corrected chi connectivity index (χ2v) is 7.84. The molecule has 0 unspecified atom stereocenters. The number of fused-ring (bicyclic) bond motifs is 2. The van der Waals surface area contributed by atoms with Gasteiger partial charge < -0.3 is 20.5 Å². The molecule has 1 aromatic carbocycles. The van der Waals surface area contributed by atoms with Crippen molar-refractivity contribution in [2.75, 3.05) is 18.5 Å². The van der Waals surface area contributed by atoms with Gasteiger partial charge in [0.2, 0.25) is 0 Å². The summed E-state index contributed by atoms with van der Waals surface area (Å²) < 4.78 is 11.0. The van der Waals surface area contributed by atoms with E-state index in [1.54, 1.807) is 18.2 Å². The van der Waals surface area contributed by atoms with Crippen molar-refractivity contribution in [3.05, 3.63) is 39.8 Å². The molecule has 1 aromatic heterocycles. The first-order valence-electron chi connectivity index (χ1n) is 8.68. The minimum absolute atomic E-state index is 0.295. The minimum atomic E-state index is -0.491. The van der Waals surface area contributed by atoms with Gasteiger partial charge in [-0.2, -0.15) is 0 Å². The van der Waals surface area contributed by atoms with E-state index in [9.17, 15) is 9.59 Å². The van der Waals surface area contributed by atoms with E-state index in [1.165, 1.54) is 11.3 Å². The van der Waals surface area contributed by atoms with Gasteiger partial charge in [-0.05, 0) is 48.9 Å². The fourth-order valence-electron chi connectivity index (χ4n) is 3.46. The van der Waals surface area contributed by atoms with E-state index in [2.05, 4.69) is 12.2 Å². The molecule has 4 rings (SSSR count). The van der Waals surface area contributed by atoms with Crippen molar-refractivity contribution in [3.8, 4) is 11.5 Å². The maximum atomic E-state index is 12.7. The summed E-state index contributed by atoms with van der Waals surface area (Å²) in [7, 11) is 0. The Morgan fingerprint density at radius 2 is 2.00 bits per heavy atom. The first kappa shape index (κ1) is 16.9. The highest BCUT2D eigenvalue weighted by Gasteiger charge is 2.27. The molecule has 6 nitrogen and oxygen atoms in total. The van der Waals surface area contributed by atoms with Crippen molar-refractivity contribution in [2.24, 2.45) is 11.7 Å². The highest BCUT2D eigenvalue weighted by molar-refractivity contribution is 7.17.